The molecule has 4 aliphatic rings. The molecule has 1 N–H and O–H groups in total. The minimum atomic E-state index is -2.36. The van der Waals surface area contributed by atoms with Gasteiger partial charge in [0.15, 0.2) is 6.61 Å². The van der Waals surface area contributed by atoms with Crippen molar-refractivity contribution in [3.8, 4) is 5.75 Å². The molecular formula is C20H29N3O4S. The highest BCUT2D eigenvalue weighted by Crippen LogP contribution is 2.38. The highest BCUT2D eigenvalue weighted by Gasteiger charge is 2.39. The first-order valence-corrected chi connectivity index (χ1v) is 12.1. The van der Waals surface area contributed by atoms with E-state index in [1.54, 1.807) is 12.5 Å². The number of ether oxygens (including phenoxy) is 2. The molecule has 3 aliphatic heterocycles. The number of carbonyl (C=O) groups excluding carboxylic acids is 1. The predicted octanol–water partition coefficient (Wildman–Crippen LogP) is 1.34. The fraction of sp³-hybridized carbons (Fsp3) is 0.650. The highest BCUT2D eigenvalue weighted by molar-refractivity contribution is 7.97. The minimum Gasteiger partial charge on any atom is -0.483 e. The number of aromatic nitrogens is 1. The average Bonchev–Trinajstić information content (AvgIpc) is 3.05. The second-order valence-electron chi connectivity index (χ2n) is 8.18. The molecule has 1 aliphatic carbocycles. The van der Waals surface area contributed by atoms with E-state index in [1.165, 1.54) is 0 Å². The zero-order valence-corrected chi connectivity index (χ0v) is 17.2. The van der Waals surface area contributed by atoms with Crippen LogP contribution < -0.4 is 9.46 Å². The maximum Gasteiger partial charge on any atom is 0.260 e. The van der Waals surface area contributed by atoms with Crippen LogP contribution in [0.5, 0.6) is 5.75 Å². The molecule has 154 valence electrons. The number of hydrogen-bond donors (Lipinski definition) is 1. The molecule has 1 aromatic rings. The molecule has 5 rings (SSSR count). The van der Waals surface area contributed by atoms with Gasteiger partial charge in [0.1, 0.15) is 5.75 Å². The molecule has 1 saturated heterocycles. The van der Waals surface area contributed by atoms with Gasteiger partial charge in [-0.25, -0.2) is 4.72 Å². The van der Waals surface area contributed by atoms with E-state index in [-0.39, 0.29) is 30.7 Å². The summed E-state index contributed by atoms with van der Waals surface area (Å²) in [5.74, 6) is 4.79. The van der Waals surface area contributed by atoms with Crippen molar-refractivity contribution in [1.82, 2.24) is 14.6 Å². The standard InChI is InChI=1S/C20H29N3O4S/c1-28(2,25)22-17-8-10-23-18(17)12-26-15-5-3-14(4-6-15)16-11-21-9-7-19(16)27-13-20(23)24/h7,9,11,14-15,17-18H,1,3-6,8,10,12-13H2,2H3,(H,22,25)/t14?,15?,17-,18?,28?/m0/s1. The van der Waals surface area contributed by atoms with Crippen molar-refractivity contribution in [2.24, 2.45) is 0 Å². The van der Waals surface area contributed by atoms with E-state index in [0.29, 0.717) is 19.1 Å². The summed E-state index contributed by atoms with van der Waals surface area (Å²) in [7, 11) is -2.36. The van der Waals surface area contributed by atoms with Crippen LogP contribution in [0, 0.1) is 0 Å². The van der Waals surface area contributed by atoms with Crippen molar-refractivity contribution in [1.29, 1.82) is 0 Å². The van der Waals surface area contributed by atoms with Gasteiger partial charge in [-0.05, 0) is 50.0 Å². The Morgan fingerprint density at radius 3 is 2.82 bits per heavy atom. The number of nitrogens with zero attached hydrogens (tertiary/aromatic N) is 2. The van der Waals surface area contributed by atoms with Crippen LogP contribution >= 0.6 is 0 Å². The molecule has 0 radical (unpaired) electrons. The van der Waals surface area contributed by atoms with Crippen LogP contribution in [0.4, 0.5) is 0 Å². The molecule has 0 spiro atoms. The molecule has 0 aromatic carbocycles. The van der Waals surface area contributed by atoms with Crippen molar-refractivity contribution in [3.05, 3.63) is 24.0 Å². The van der Waals surface area contributed by atoms with Crippen LogP contribution in [0.3, 0.4) is 0 Å². The summed E-state index contributed by atoms with van der Waals surface area (Å²) in [5.41, 5.74) is 1.09. The quantitative estimate of drug-likeness (QED) is 0.749. The number of pyridine rings is 1. The Morgan fingerprint density at radius 1 is 1.29 bits per heavy atom. The van der Waals surface area contributed by atoms with Crippen LogP contribution in [0.2, 0.25) is 0 Å². The van der Waals surface area contributed by atoms with Gasteiger partial charge < -0.3 is 14.4 Å². The fourth-order valence-corrected chi connectivity index (χ4v) is 5.57. The molecule has 3 atom stereocenters. The number of fused-ring (bicyclic) bond motifs is 5. The van der Waals surface area contributed by atoms with Crippen LogP contribution in [-0.2, 0) is 19.2 Å². The van der Waals surface area contributed by atoms with Gasteiger partial charge in [0.2, 0.25) is 0 Å². The number of carbonyl (C=O) groups is 1. The largest absolute Gasteiger partial charge is 0.483 e. The predicted molar refractivity (Wildman–Crippen MR) is 109 cm³/mol. The number of hydrogen-bond acceptors (Lipinski definition) is 5. The van der Waals surface area contributed by atoms with Gasteiger partial charge in [-0.1, -0.05) is 0 Å². The van der Waals surface area contributed by atoms with Crippen LogP contribution in [-0.4, -0.2) is 70.1 Å². The molecule has 1 saturated carbocycles. The van der Waals surface area contributed by atoms with Gasteiger partial charge in [-0.15, -0.1) is 0 Å². The number of nitrogens with one attached hydrogen (secondary N) is 1. The third kappa shape index (κ3) is 4.34. The Balaban J connectivity index is 1.59. The summed E-state index contributed by atoms with van der Waals surface area (Å²) in [6.07, 6.45) is 10.1. The zero-order valence-electron chi connectivity index (χ0n) is 16.3. The summed E-state index contributed by atoms with van der Waals surface area (Å²) < 4.78 is 27.5. The fourth-order valence-electron chi connectivity index (χ4n) is 4.66. The monoisotopic (exact) mass is 407 g/mol. The summed E-state index contributed by atoms with van der Waals surface area (Å²) >= 11 is 0. The van der Waals surface area contributed by atoms with E-state index < -0.39 is 9.71 Å². The Morgan fingerprint density at radius 2 is 2.07 bits per heavy atom. The van der Waals surface area contributed by atoms with E-state index in [2.05, 4.69) is 15.6 Å². The van der Waals surface area contributed by atoms with Crippen LogP contribution in [0.25, 0.3) is 0 Å². The SMILES string of the molecule is C=S(C)(=O)N[C@H]1CCN2C(=O)COc3ccncc3C3CCC(CC3)OCC12. The lowest BCUT2D eigenvalue weighted by Crippen LogP contribution is -2.50. The van der Waals surface area contributed by atoms with Gasteiger partial charge in [0, 0.05) is 46.5 Å². The van der Waals surface area contributed by atoms with Crippen molar-refractivity contribution in [2.45, 2.75) is 56.2 Å². The number of amides is 1. The second-order valence-corrected chi connectivity index (χ2v) is 10.4. The van der Waals surface area contributed by atoms with Gasteiger partial charge in [0.25, 0.3) is 5.91 Å². The topological polar surface area (TPSA) is 80.8 Å². The zero-order chi connectivity index (χ0) is 19.7. The van der Waals surface area contributed by atoms with Gasteiger partial charge in [0.05, 0.1) is 18.8 Å². The maximum absolute atomic E-state index is 12.9. The third-order valence-corrected chi connectivity index (χ3v) is 6.85. The third-order valence-electron chi connectivity index (χ3n) is 6.04. The molecule has 1 aromatic heterocycles. The van der Waals surface area contributed by atoms with E-state index in [1.807, 2.05) is 17.2 Å². The Labute approximate surface area is 166 Å². The number of rotatable bonds is 2. The summed E-state index contributed by atoms with van der Waals surface area (Å²) in [4.78, 5) is 19.0. The smallest absolute Gasteiger partial charge is 0.260 e. The van der Waals surface area contributed by atoms with E-state index in [0.717, 1.165) is 43.4 Å². The molecule has 8 heteroatoms. The van der Waals surface area contributed by atoms with Gasteiger partial charge >= 0.3 is 0 Å². The minimum absolute atomic E-state index is 0.0116. The molecule has 28 heavy (non-hydrogen) atoms. The molecule has 1 amide bonds. The van der Waals surface area contributed by atoms with E-state index >= 15 is 0 Å². The van der Waals surface area contributed by atoms with Gasteiger partial charge in [-0.3, -0.25) is 14.0 Å². The first-order chi connectivity index (χ1) is 13.4. The molecule has 2 fully saturated rings. The summed E-state index contributed by atoms with van der Waals surface area (Å²) in [6.45, 7) is 1.03. The molecular weight excluding hydrogens is 378 g/mol. The Kier molecular flexibility index (Phi) is 5.62. The maximum atomic E-state index is 12.9. The van der Waals surface area contributed by atoms with Gasteiger partial charge in [-0.2, -0.15) is 0 Å². The van der Waals surface area contributed by atoms with Crippen LogP contribution in [0.1, 0.15) is 43.6 Å². The lowest BCUT2D eigenvalue weighted by molar-refractivity contribution is -0.136. The Hall–Kier alpha value is -1.64. The molecule has 4 heterocycles. The highest BCUT2D eigenvalue weighted by atomic mass is 32.2. The van der Waals surface area contributed by atoms with Crippen LogP contribution in [0.15, 0.2) is 18.5 Å². The molecule has 2 unspecified atom stereocenters. The van der Waals surface area contributed by atoms with E-state index in [4.69, 9.17) is 9.47 Å². The molecule has 7 nitrogen and oxygen atoms in total. The lowest BCUT2D eigenvalue weighted by Gasteiger charge is -2.32. The Bertz CT molecular complexity index is 820. The normalized spacial score (nSPS) is 32.9. The van der Waals surface area contributed by atoms with Crippen molar-refractivity contribution < 1.29 is 18.5 Å². The summed E-state index contributed by atoms with van der Waals surface area (Å²) in [5, 5.41) is 0. The summed E-state index contributed by atoms with van der Waals surface area (Å²) in [6, 6.07) is 1.61. The first kappa shape index (κ1) is 19.7. The van der Waals surface area contributed by atoms with Crippen molar-refractivity contribution in [3.63, 3.8) is 0 Å². The average molecular weight is 408 g/mol. The van der Waals surface area contributed by atoms with E-state index in [9.17, 15) is 9.00 Å². The molecule has 2 bridgehead atoms. The van der Waals surface area contributed by atoms with Crippen molar-refractivity contribution in [2.75, 3.05) is 26.0 Å². The first-order valence-electron chi connectivity index (χ1n) is 9.98. The second kappa shape index (κ2) is 8.00. The lowest BCUT2D eigenvalue weighted by atomic mass is 9.83. The van der Waals surface area contributed by atoms with Crippen molar-refractivity contribution >= 4 is 21.5 Å².